The highest BCUT2D eigenvalue weighted by Crippen LogP contribution is 2.31. The van der Waals surface area contributed by atoms with Crippen molar-refractivity contribution >= 4 is 11.6 Å². The lowest BCUT2D eigenvalue weighted by atomic mass is 9.79. The van der Waals surface area contributed by atoms with Crippen molar-refractivity contribution in [3.05, 3.63) is 23.4 Å². The molecule has 1 saturated carbocycles. The molecule has 0 radical (unpaired) electrons. The molecule has 0 aliphatic heterocycles. The number of ketones is 1. The van der Waals surface area contributed by atoms with E-state index in [1.54, 1.807) is 6.20 Å². The Morgan fingerprint density at radius 1 is 1.47 bits per heavy atom. The number of anilines is 1. The van der Waals surface area contributed by atoms with Gasteiger partial charge in [0.2, 0.25) is 0 Å². The second-order valence-corrected chi connectivity index (χ2v) is 5.28. The molecule has 0 amide bonds. The summed E-state index contributed by atoms with van der Waals surface area (Å²) < 4.78 is 0. The molecule has 1 aliphatic carbocycles. The molecule has 1 aromatic rings. The Kier molecular flexibility index (Phi) is 3.46. The fourth-order valence-corrected chi connectivity index (χ4v) is 2.67. The summed E-state index contributed by atoms with van der Waals surface area (Å²) in [4.78, 5) is 16.5. The Morgan fingerprint density at radius 2 is 2.24 bits per heavy atom. The number of nitrogen functional groups attached to an aromatic ring is 1. The Labute approximate surface area is 102 Å². The van der Waals surface area contributed by atoms with Crippen molar-refractivity contribution < 1.29 is 4.79 Å². The van der Waals surface area contributed by atoms with Crippen LogP contribution in [0.4, 0.5) is 5.82 Å². The maximum absolute atomic E-state index is 12.4. The van der Waals surface area contributed by atoms with Gasteiger partial charge in [-0.15, -0.1) is 0 Å². The molecule has 0 aromatic carbocycles. The first kappa shape index (κ1) is 12.1. The minimum absolute atomic E-state index is 0.143. The molecule has 92 valence electrons. The van der Waals surface area contributed by atoms with E-state index in [1.165, 1.54) is 6.42 Å². The Hall–Kier alpha value is -1.38. The average molecular weight is 232 g/mol. The lowest BCUT2D eigenvalue weighted by molar-refractivity contribution is 0.0869. The van der Waals surface area contributed by atoms with E-state index < -0.39 is 0 Å². The predicted molar refractivity (Wildman–Crippen MR) is 68.8 cm³/mol. The number of Topliss-reactive ketones (excluding diaryl/α,β-unsaturated/α-hetero) is 1. The minimum Gasteiger partial charge on any atom is -0.383 e. The van der Waals surface area contributed by atoms with E-state index >= 15 is 0 Å². The number of hydrogen-bond acceptors (Lipinski definition) is 3. The van der Waals surface area contributed by atoms with Gasteiger partial charge in [-0.05, 0) is 37.3 Å². The van der Waals surface area contributed by atoms with Crippen LogP contribution in [0.5, 0.6) is 0 Å². The van der Waals surface area contributed by atoms with Gasteiger partial charge in [0.25, 0.3) is 0 Å². The average Bonchev–Trinajstić information content (AvgIpc) is 2.31. The van der Waals surface area contributed by atoms with E-state index in [0.29, 0.717) is 17.3 Å². The SMILES string of the molecule is Cc1cnc(N)c(C(=O)C2CCCC(C)C2)c1. The molecule has 2 unspecified atom stereocenters. The summed E-state index contributed by atoms with van der Waals surface area (Å²) in [5.74, 6) is 1.35. The summed E-state index contributed by atoms with van der Waals surface area (Å²) in [6.45, 7) is 4.16. The van der Waals surface area contributed by atoms with E-state index in [4.69, 9.17) is 5.73 Å². The fourth-order valence-electron chi connectivity index (χ4n) is 2.67. The number of nitrogens with two attached hydrogens (primary N) is 1. The molecular weight excluding hydrogens is 212 g/mol. The van der Waals surface area contributed by atoms with Crippen molar-refractivity contribution in [1.82, 2.24) is 4.98 Å². The molecule has 1 heterocycles. The lowest BCUT2D eigenvalue weighted by Crippen LogP contribution is -2.23. The third-order valence-electron chi connectivity index (χ3n) is 3.63. The third-order valence-corrected chi connectivity index (χ3v) is 3.63. The van der Waals surface area contributed by atoms with Crippen molar-refractivity contribution in [2.45, 2.75) is 39.5 Å². The van der Waals surface area contributed by atoms with Gasteiger partial charge in [-0.2, -0.15) is 0 Å². The number of hydrogen-bond donors (Lipinski definition) is 1. The van der Waals surface area contributed by atoms with Crippen LogP contribution in [-0.4, -0.2) is 10.8 Å². The Morgan fingerprint density at radius 3 is 2.94 bits per heavy atom. The molecule has 3 nitrogen and oxygen atoms in total. The molecule has 0 saturated heterocycles. The first-order valence-electron chi connectivity index (χ1n) is 6.34. The largest absolute Gasteiger partial charge is 0.383 e. The van der Waals surface area contributed by atoms with Crippen LogP contribution in [0, 0.1) is 18.8 Å². The molecule has 2 rings (SSSR count). The number of nitrogens with zero attached hydrogens (tertiary/aromatic N) is 1. The lowest BCUT2D eigenvalue weighted by Gasteiger charge is -2.25. The standard InChI is InChI=1S/C14H20N2O/c1-9-4-3-5-11(6-9)13(17)12-7-10(2)8-16-14(12)15/h7-9,11H,3-6H2,1-2H3,(H2,15,16). The monoisotopic (exact) mass is 232 g/mol. The minimum atomic E-state index is 0.143. The number of carbonyl (C=O) groups is 1. The van der Waals surface area contributed by atoms with Gasteiger partial charge in [-0.1, -0.05) is 19.8 Å². The maximum atomic E-state index is 12.4. The van der Waals surface area contributed by atoms with Gasteiger partial charge in [0.15, 0.2) is 5.78 Å². The van der Waals surface area contributed by atoms with E-state index in [2.05, 4.69) is 11.9 Å². The van der Waals surface area contributed by atoms with Crippen LogP contribution in [-0.2, 0) is 0 Å². The summed E-state index contributed by atoms with van der Waals surface area (Å²) in [6, 6.07) is 1.87. The molecule has 0 bridgehead atoms. The molecule has 3 heteroatoms. The van der Waals surface area contributed by atoms with Crippen molar-refractivity contribution in [3.8, 4) is 0 Å². The number of aryl methyl sites for hydroxylation is 1. The highest BCUT2D eigenvalue weighted by molar-refractivity contribution is 6.01. The highest BCUT2D eigenvalue weighted by Gasteiger charge is 2.27. The summed E-state index contributed by atoms with van der Waals surface area (Å²) in [5, 5.41) is 0. The van der Waals surface area contributed by atoms with E-state index in [9.17, 15) is 4.79 Å². The van der Waals surface area contributed by atoms with Gasteiger partial charge in [0, 0.05) is 12.1 Å². The van der Waals surface area contributed by atoms with Crippen LogP contribution in [0.3, 0.4) is 0 Å². The van der Waals surface area contributed by atoms with E-state index in [0.717, 1.165) is 24.8 Å². The van der Waals surface area contributed by atoms with Gasteiger partial charge < -0.3 is 5.73 Å². The fraction of sp³-hybridized carbons (Fsp3) is 0.571. The van der Waals surface area contributed by atoms with E-state index in [-0.39, 0.29) is 11.7 Å². The van der Waals surface area contributed by atoms with Crippen LogP contribution < -0.4 is 5.73 Å². The predicted octanol–water partition coefficient (Wildman–Crippen LogP) is 2.98. The van der Waals surface area contributed by atoms with Crippen molar-refractivity contribution in [3.63, 3.8) is 0 Å². The second-order valence-electron chi connectivity index (χ2n) is 5.28. The first-order valence-corrected chi connectivity index (χ1v) is 6.34. The molecule has 2 N–H and O–H groups in total. The maximum Gasteiger partial charge on any atom is 0.169 e. The topological polar surface area (TPSA) is 56.0 Å². The summed E-state index contributed by atoms with van der Waals surface area (Å²) in [6.07, 6.45) is 6.08. The second kappa shape index (κ2) is 4.86. The molecule has 1 aliphatic rings. The number of rotatable bonds is 2. The zero-order chi connectivity index (χ0) is 12.4. The summed E-state index contributed by atoms with van der Waals surface area (Å²) in [7, 11) is 0. The number of pyridine rings is 1. The molecule has 17 heavy (non-hydrogen) atoms. The van der Waals surface area contributed by atoms with Crippen molar-refractivity contribution in [2.24, 2.45) is 11.8 Å². The van der Waals surface area contributed by atoms with Gasteiger partial charge >= 0.3 is 0 Å². The summed E-state index contributed by atoms with van der Waals surface area (Å²) in [5.41, 5.74) is 7.41. The molecule has 1 fully saturated rings. The Balaban J connectivity index is 2.21. The molecule has 1 aromatic heterocycles. The van der Waals surface area contributed by atoms with Gasteiger partial charge in [-0.3, -0.25) is 4.79 Å². The van der Waals surface area contributed by atoms with Gasteiger partial charge in [-0.25, -0.2) is 4.98 Å². The van der Waals surface area contributed by atoms with Gasteiger partial charge in [0.1, 0.15) is 5.82 Å². The molecular formula is C14H20N2O. The van der Waals surface area contributed by atoms with Gasteiger partial charge in [0.05, 0.1) is 5.56 Å². The zero-order valence-electron chi connectivity index (χ0n) is 10.6. The normalized spacial score (nSPS) is 24.6. The van der Waals surface area contributed by atoms with Crippen molar-refractivity contribution in [2.75, 3.05) is 5.73 Å². The van der Waals surface area contributed by atoms with Crippen LogP contribution in [0.25, 0.3) is 0 Å². The van der Waals surface area contributed by atoms with E-state index in [1.807, 2.05) is 13.0 Å². The smallest absolute Gasteiger partial charge is 0.169 e. The zero-order valence-corrected chi connectivity index (χ0v) is 10.6. The quantitative estimate of drug-likeness (QED) is 0.797. The van der Waals surface area contributed by atoms with Crippen LogP contribution in [0.2, 0.25) is 0 Å². The van der Waals surface area contributed by atoms with Crippen LogP contribution in [0.15, 0.2) is 12.3 Å². The molecule has 2 atom stereocenters. The van der Waals surface area contributed by atoms with Crippen LogP contribution in [0.1, 0.15) is 48.5 Å². The number of aromatic nitrogens is 1. The molecule has 0 spiro atoms. The number of carbonyl (C=O) groups excluding carboxylic acids is 1. The van der Waals surface area contributed by atoms with Crippen LogP contribution >= 0.6 is 0 Å². The Bertz CT molecular complexity index is 428. The highest BCUT2D eigenvalue weighted by atomic mass is 16.1. The first-order chi connectivity index (χ1) is 8.08. The third kappa shape index (κ3) is 2.65. The van der Waals surface area contributed by atoms with Crippen molar-refractivity contribution in [1.29, 1.82) is 0 Å². The summed E-state index contributed by atoms with van der Waals surface area (Å²) >= 11 is 0.